The van der Waals surface area contributed by atoms with Crippen LogP contribution in [0.4, 0.5) is 0 Å². The Morgan fingerprint density at radius 2 is 2.09 bits per heavy atom. The predicted molar refractivity (Wildman–Crippen MR) is 35.7 cm³/mol. The zero-order valence-corrected chi connectivity index (χ0v) is 6.59. The second kappa shape index (κ2) is 9.10. The van der Waals surface area contributed by atoms with Crippen molar-refractivity contribution in [1.29, 1.82) is 0 Å². The highest BCUT2D eigenvalue weighted by Crippen LogP contribution is 1.90. The molecule has 0 fully saturated rings. The van der Waals surface area contributed by atoms with Crippen molar-refractivity contribution in [3.05, 3.63) is 0 Å². The first-order valence-corrected chi connectivity index (χ1v) is 3.10. The smallest absolute Gasteiger partial charge is 0.373 e. The highest BCUT2D eigenvalue weighted by Gasteiger charge is 2.11. The van der Waals surface area contributed by atoms with Crippen molar-refractivity contribution >= 4 is 23.9 Å². The van der Waals surface area contributed by atoms with Crippen LogP contribution in [0, 0.1) is 0 Å². The predicted octanol–water partition coefficient (Wildman–Crippen LogP) is 0.00950. The van der Waals surface area contributed by atoms with E-state index in [4.69, 9.17) is 26.5 Å². The van der Waals surface area contributed by atoms with E-state index in [1.54, 1.807) is 6.92 Å². The summed E-state index contributed by atoms with van der Waals surface area (Å²) in [7, 11) is 0. The van der Waals surface area contributed by atoms with Gasteiger partial charge in [-0.1, -0.05) is 6.92 Å². The van der Waals surface area contributed by atoms with Crippen LogP contribution in [-0.2, 0) is 14.4 Å². The molecule has 64 valence electrons. The average Bonchev–Trinajstić information content (AvgIpc) is 1.91. The molecule has 0 rings (SSSR count). The van der Waals surface area contributed by atoms with Crippen LogP contribution in [-0.4, -0.2) is 23.3 Å². The third-order valence-corrected chi connectivity index (χ3v) is 1.10. The third-order valence-electron chi connectivity index (χ3n) is 0.838. The minimum absolute atomic E-state index is 0.250. The van der Waals surface area contributed by atoms with E-state index in [0.717, 1.165) is 0 Å². The Hall–Kier alpha value is -0.900. The molecule has 0 unspecified atom stereocenters. The highest BCUT2D eigenvalue weighted by atomic mass is 35.5. The molecule has 0 aromatic carbocycles. The molecule has 0 aliphatic carbocycles. The zero-order chi connectivity index (χ0) is 9.28. The lowest BCUT2D eigenvalue weighted by Crippen LogP contribution is -2.29. The number of aliphatic carboxylic acids is 1. The number of carbonyl (C=O) groups excluding carboxylic acids is 2. The number of carboxylic acid groups (broad SMARTS) is 1. The molecule has 0 saturated carbocycles. The van der Waals surface area contributed by atoms with Crippen LogP contribution in [0.3, 0.4) is 0 Å². The van der Waals surface area contributed by atoms with Gasteiger partial charge in [-0.25, -0.2) is 4.84 Å². The Balaban J connectivity index is 0. The fraction of sp³-hybridized carbons (Fsp3) is 0.600. The van der Waals surface area contributed by atoms with Crippen LogP contribution in [0.25, 0.3) is 0 Å². The number of hydrogen-bond donors (Lipinski definition) is 2. The van der Waals surface area contributed by atoms with Gasteiger partial charge in [-0.2, -0.15) is 9.59 Å². The zero-order valence-electron chi connectivity index (χ0n) is 5.83. The van der Waals surface area contributed by atoms with Crippen LogP contribution in [0.15, 0.2) is 0 Å². The maximum absolute atomic E-state index is 10.0. The van der Waals surface area contributed by atoms with Crippen LogP contribution in [0.1, 0.15) is 13.3 Å². The Morgan fingerprint density at radius 1 is 1.73 bits per heavy atom. The quantitative estimate of drug-likeness (QED) is 0.600. The maximum Gasteiger partial charge on any atom is 0.373 e. The summed E-state index contributed by atoms with van der Waals surface area (Å²) < 4.78 is 0. The summed E-state index contributed by atoms with van der Waals surface area (Å²) in [5.41, 5.74) is 0. The van der Waals surface area contributed by atoms with Gasteiger partial charge >= 0.3 is 12.1 Å². The van der Waals surface area contributed by atoms with Crippen molar-refractivity contribution in [2.75, 3.05) is 0 Å². The maximum atomic E-state index is 10.0. The standard InChI is InChI=1S/C4H8ClNO2.CO2/c1-2-3(6-5)4(7)8;2-1-3/h3,6H,2H2,1H3,(H,7,8);/t3-;/m0./s1. The molecule has 0 radical (unpaired) electrons. The van der Waals surface area contributed by atoms with Gasteiger partial charge in [0.2, 0.25) is 0 Å². The summed E-state index contributed by atoms with van der Waals surface area (Å²) in [4.78, 5) is 28.4. The molecule has 11 heavy (non-hydrogen) atoms. The molecule has 0 bridgehead atoms. The van der Waals surface area contributed by atoms with Crippen molar-refractivity contribution in [1.82, 2.24) is 4.84 Å². The van der Waals surface area contributed by atoms with Crippen molar-refractivity contribution in [2.24, 2.45) is 0 Å². The van der Waals surface area contributed by atoms with E-state index in [-0.39, 0.29) is 6.15 Å². The Labute approximate surface area is 68.4 Å². The Kier molecular flexibility index (Phi) is 10.5. The molecule has 0 aliphatic heterocycles. The van der Waals surface area contributed by atoms with Gasteiger partial charge in [-0.15, -0.1) is 0 Å². The summed E-state index contributed by atoms with van der Waals surface area (Å²) in [5.74, 6) is -0.914. The van der Waals surface area contributed by atoms with Gasteiger partial charge in [0.1, 0.15) is 6.04 Å². The topological polar surface area (TPSA) is 83.5 Å². The second-order valence-electron chi connectivity index (χ2n) is 1.49. The van der Waals surface area contributed by atoms with E-state index in [0.29, 0.717) is 6.42 Å². The summed E-state index contributed by atoms with van der Waals surface area (Å²) in [5, 5.41) is 8.23. The first-order valence-electron chi connectivity index (χ1n) is 2.72. The first-order chi connectivity index (χ1) is 5.13. The van der Waals surface area contributed by atoms with Crippen LogP contribution >= 0.6 is 11.8 Å². The van der Waals surface area contributed by atoms with Crippen LogP contribution in [0.2, 0.25) is 0 Å². The Bertz CT molecular complexity index is 139. The molecule has 0 aliphatic rings. The average molecular weight is 182 g/mol. The van der Waals surface area contributed by atoms with E-state index in [2.05, 4.69) is 4.84 Å². The van der Waals surface area contributed by atoms with Gasteiger partial charge in [0.25, 0.3) is 0 Å². The monoisotopic (exact) mass is 181 g/mol. The van der Waals surface area contributed by atoms with Crippen molar-refractivity contribution in [2.45, 2.75) is 19.4 Å². The van der Waals surface area contributed by atoms with E-state index in [9.17, 15) is 4.79 Å². The van der Waals surface area contributed by atoms with Gasteiger partial charge in [0, 0.05) is 0 Å². The number of carboxylic acids is 1. The van der Waals surface area contributed by atoms with Crippen LogP contribution in [0.5, 0.6) is 0 Å². The van der Waals surface area contributed by atoms with E-state index in [1.807, 2.05) is 0 Å². The van der Waals surface area contributed by atoms with Crippen LogP contribution < -0.4 is 4.84 Å². The molecule has 0 spiro atoms. The normalized spacial score (nSPS) is 10.4. The Morgan fingerprint density at radius 3 is 2.09 bits per heavy atom. The van der Waals surface area contributed by atoms with E-state index >= 15 is 0 Å². The van der Waals surface area contributed by atoms with Gasteiger partial charge in [0.15, 0.2) is 0 Å². The molecule has 0 heterocycles. The molecular formula is C5H8ClNO4. The summed E-state index contributed by atoms with van der Waals surface area (Å²) >= 11 is 5.03. The number of halogens is 1. The molecule has 5 nitrogen and oxygen atoms in total. The second-order valence-corrected chi connectivity index (χ2v) is 1.71. The molecule has 0 aromatic rings. The number of rotatable bonds is 3. The van der Waals surface area contributed by atoms with Gasteiger partial charge in [-0.3, -0.25) is 4.79 Å². The third kappa shape index (κ3) is 9.10. The SMILES string of the molecule is CC[C@H](NCl)C(=O)O.O=C=O. The largest absolute Gasteiger partial charge is 0.480 e. The van der Waals surface area contributed by atoms with Crippen molar-refractivity contribution in [3.63, 3.8) is 0 Å². The van der Waals surface area contributed by atoms with E-state index in [1.165, 1.54) is 0 Å². The first kappa shape index (κ1) is 12.7. The molecule has 6 heteroatoms. The van der Waals surface area contributed by atoms with Gasteiger partial charge < -0.3 is 5.11 Å². The molecule has 2 N–H and O–H groups in total. The molecular weight excluding hydrogens is 174 g/mol. The summed E-state index contributed by atoms with van der Waals surface area (Å²) in [6.07, 6.45) is 0.749. The molecule has 1 atom stereocenters. The molecule has 0 amide bonds. The summed E-state index contributed by atoms with van der Waals surface area (Å²) in [6.45, 7) is 1.74. The minimum Gasteiger partial charge on any atom is -0.480 e. The lowest BCUT2D eigenvalue weighted by molar-refractivity contribution is -0.191. The van der Waals surface area contributed by atoms with E-state index < -0.39 is 12.0 Å². The number of nitrogens with one attached hydrogen (secondary N) is 1. The molecule has 0 aromatic heterocycles. The van der Waals surface area contributed by atoms with Gasteiger partial charge in [0.05, 0.1) is 0 Å². The van der Waals surface area contributed by atoms with Crippen molar-refractivity contribution in [3.8, 4) is 0 Å². The fourth-order valence-electron chi connectivity index (χ4n) is 0.298. The minimum atomic E-state index is -0.914. The van der Waals surface area contributed by atoms with Crippen molar-refractivity contribution < 1.29 is 19.5 Å². The lowest BCUT2D eigenvalue weighted by Gasteiger charge is -2.02. The molecule has 0 saturated heterocycles. The lowest BCUT2D eigenvalue weighted by atomic mass is 10.2. The number of carbonyl (C=O) groups is 1. The van der Waals surface area contributed by atoms with Gasteiger partial charge in [-0.05, 0) is 18.2 Å². The number of hydrogen-bond acceptors (Lipinski definition) is 4. The fourth-order valence-corrected chi connectivity index (χ4v) is 0.546. The summed E-state index contributed by atoms with van der Waals surface area (Å²) in [6, 6.07) is -0.614. The highest BCUT2D eigenvalue weighted by molar-refractivity contribution is 6.14.